The number of amides is 1. The molecule has 0 radical (unpaired) electrons. The molecule has 3 aromatic rings. The maximum atomic E-state index is 13.2. The highest BCUT2D eigenvalue weighted by Gasteiger charge is 2.59. The van der Waals surface area contributed by atoms with Crippen LogP contribution >= 0.6 is 11.6 Å². The van der Waals surface area contributed by atoms with Crippen LogP contribution in [0.1, 0.15) is 42.6 Å². The van der Waals surface area contributed by atoms with E-state index in [0.717, 1.165) is 5.56 Å². The molecule has 4 rings (SSSR count). The number of carbonyl (C=O) groups is 1. The minimum Gasteiger partial charge on any atom is -0.473 e. The van der Waals surface area contributed by atoms with E-state index in [-0.39, 0.29) is 24.6 Å². The summed E-state index contributed by atoms with van der Waals surface area (Å²) < 4.78 is 31.3. The van der Waals surface area contributed by atoms with Crippen LogP contribution < -0.4 is 15.6 Å². The van der Waals surface area contributed by atoms with Gasteiger partial charge in [0.15, 0.2) is 9.84 Å². The Morgan fingerprint density at radius 3 is 2.58 bits per heavy atom. The van der Waals surface area contributed by atoms with E-state index in [4.69, 9.17) is 16.3 Å². The Balaban J connectivity index is 1.59. The van der Waals surface area contributed by atoms with E-state index in [9.17, 15) is 18.0 Å². The molecule has 1 aliphatic carbocycles. The molecule has 0 bridgehead atoms. The Labute approximate surface area is 214 Å². The number of hydrogen-bond acceptors (Lipinski definition) is 7. The molecule has 1 aromatic carbocycles. The van der Waals surface area contributed by atoms with Gasteiger partial charge >= 0.3 is 0 Å². The van der Waals surface area contributed by atoms with Crippen molar-refractivity contribution in [3.05, 3.63) is 75.7 Å². The van der Waals surface area contributed by atoms with Crippen LogP contribution in [0.4, 0.5) is 0 Å². The summed E-state index contributed by atoms with van der Waals surface area (Å²) >= 11 is 5.89. The first kappa shape index (κ1) is 25.8. The second-order valence-corrected chi connectivity index (χ2v) is 12.8. The van der Waals surface area contributed by atoms with E-state index < -0.39 is 30.8 Å². The number of carbonyl (C=O) groups excluding carboxylic acids is 1. The first-order valence-electron chi connectivity index (χ1n) is 11.3. The fourth-order valence-corrected chi connectivity index (χ4v) is 6.27. The second kappa shape index (κ2) is 9.33. The number of fused-ring (bicyclic) bond motifs is 1. The van der Waals surface area contributed by atoms with Crippen molar-refractivity contribution in [2.24, 2.45) is 7.05 Å². The van der Waals surface area contributed by atoms with Crippen molar-refractivity contribution < 1.29 is 17.9 Å². The number of nitrogens with one attached hydrogen (secondary N) is 1. The molecule has 1 N–H and O–H groups in total. The number of halogens is 1. The molecular formula is C25H27ClN4O5S. The van der Waals surface area contributed by atoms with Gasteiger partial charge in [0.05, 0.1) is 10.9 Å². The maximum Gasteiger partial charge on any atom is 0.263 e. The summed E-state index contributed by atoms with van der Waals surface area (Å²) in [5.74, 6) is -0.514. The topological polar surface area (TPSA) is 120 Å². The molecule has 36 heavy (non-hydrogen) atoms. The summed E-state index contributed by atoms with van der Waals surface area (Å²) in [5.41, 5.74) is 0.540. The Bertz CT molecular complexity index is 1510. The van der Waals surface area contributed by atoms with E-state index in [1.165, 1.54) is 30.0 Å². The normalized spacial score (nSPS) is 14.9. The second-order valence-electron chi connectivity index (χ2n) is 9.47. The van der Waals surface area contributed by atoms with Crippen LogP contribution in [0.15, 0.2) is 54.0 Å². The van der Waals surface area contributed by atoms with Crippen LogP contribution in [-0.2, 0) is 23.4 Å². The van der Waals surface area contributed by atoms with Gasteiger partial charge < -0.3 is 14.6 Å². The van der Waals surface area contributed by atoms with Gasteiger partial charge in [-0.2, -0.15) is 5.10 Å². The van der Waals surface area contributed by atoms with E-state index in [1.807, 2.05) is 0 Å². The summed E-state index contributed by atoms with van der Waals surface area (Å²) in [7, 11) is -2.09. The minimum absolute atomic E-state index is 0.0260. The summed E-state index contributed by atoms with van der Waals surface area (Å²) in [6.07, 6.45) is 3.76. The molecule has 1 amide bonds. The lowest BCUT2D eigenvalue weighted by Gasteiger charge is -2.27. The lowest BCUT2D eigenvalue weighted by Crippen LogP contribution is -2.43. The van der Waals surface area contributed by atoms with Crippen LogP contribution in [0, 0.1) is 0 Å². The van der Waals surface area contributed by atoms with Gasteiger partial charge in [-0.25, -0.2) is 8.42 Å². The molecule has 11 heteroatoms. The number of pyridine rings is 1. The van der Waals surface area contributed by atoms with Gasteiger partial charge in [-0.3, -0.25) is 9.59 Å². The highest BCUT2D eigenvalue weighted by atomic mass is 35.5. The molecule has 2 heterocycles. The number of rotatable bonds is 9. The highest BCUT2D eigenvalue weighted by Crippen LogP contribution is 2.48. The standard InChI is InChI=1S/C25H27ClN4O5S/c1-5-24(2,3)36(33,34)25(10-11-25)15-35-22-20-17(14-28-29-22)12-19(23(32)30(20)4)21(31)27-13-16-6-8-18(26)9-7-16/h5-9,12,14H,1,10-11,13,15H2,2-4H3,(H,27,31). The Morgan fingerprint density at radius 1 is 1.31 bits per heavy atom. The van der Waals surface area contributed by atoms with Crippen LogP contribution in [-0.4, -0.2) is 45.2 Å². The predicted molar refractivity (Wildman–Crippen MR) is 138 cm³/mol. The lowest BCUT2D eigenvalue weighted by atomic mass is 10.1. The molecule has 0 spiro atoms. The van der Waals surface area contributed by atoms with Crippen LogP contribution in [0.25, 0.3) is 10.9 Å². The van der Waals surface area contributed by atoms with Crippen LogP contribution in [0.2, 0.25) is 5.02 Å². The molecule has 0 unspecified atom stereocenters. The van der Waals surface area contributed by atoms with Crippen molar-refractivity contribution in [2.75, 3.05) is 6.61 Å². The first-order chi connectivity index (χ1) is 16.9. The number of benzene rings is 1. The Morgan fingerprint density at radius 2 is 1.97 bits per heavy atom. The first-order valence-corrected chi connectivity index (χ1v) is 13.2. The molecule has 1 fully saturated rings. The van der Waals surface area contributed by atoms with Crippen LogP contribution in [0.5, 0.6) is 5.88 Å². The van der Waals surface area contributed by atoms with Crippen molar-refractivity contribution in [3.8, 4) is 5.88 Å². The lowest BCUT2D eigenvalue weighted by molar-refractivity contribution is 0.0949. The zero-order valence-corrected chi connectivity index (χ0v) is 21.8. The molecule has 0 saturated heterocycles. The van der Waals surface area contributed by atoms with Gasteiger partial charge in [0, 0.05) is 24.0 Å². The van der Waals surface area contributed by atoms with Gasteiger partial charge in [-0.15, -0.1) is 11.7 Å². The van der Waals surface area contributed by atoms with E-state index in [2.05, 4.69) is 22.1 Å². The number of hydrogen-bond donors (Lipinski definition) is 1. The SMILES string of the molecule is C=CC(C)(C)S(=O)(=O)C1(COc2nncc3cc(C(=O)NCc4ccc(Cl)cc4)c(=O)n(C)c23)CC1. The fourth-order valence-electron chi connectivity index (χ4n) is 3.96. The van der Waals surface area contributed by atoms with Crippen molar-refractivity contribution in [2.45, 2.75) is 42.7 Å². The average Bonchev–Trinajstić information content (AvgIpc) is 3.66. The molecule has 1 aliphatic rings. The van der Waals surface area contributed by atoms with Crippen molar-refractivity contribution in [3.63, 3.8) is 0 Å². The third-order valence-corrected chi connectivity index (χ3v) is 10.1. The van der Waals surface area contributed by atoms with E-state index >= 15 is 0 Å². The van der Waals surface area contributed by atoms with Gasteiger partial charge in [0.2, 0.25) is 0 Å². The van der Waals surface area contributed by atoms with Crippen LogP contribution in [0.3, 0.4) is 0 Å². The molecule has 9 nitrogen and oxygen atoms in total. The smallest absolute Gasteiger partial charge is 0.263 e. The molecule has 2 aromatic heterocycles. The zero-order valence-electron chi connectivity index (χ0n) is 20.2. The Kier molecular flexibility index (Phi) is 6.70. The fraction of sp³-hybridized carbons (Fsp3) is 0.360. The number of aromatic nitrogens is 3. The summed E-state index contributed by atoms with van der Waals surface area (Å²) in [4.78, 5) is 25.8. The third-order valence-electron chi connectivity index (χ3n) is 6.64. The average molecular weight is 531 g/mol. The molecular weight excluding hydrogens is 504 g/mol. The predicted octanol–water partition coefficient (Wildman–Crippen LogP) is 3.20. The van der Waals surface area contributed by atoms with Gasteiger partial charge in [0.1, 0.15) is 22.4 Å². The maximum absolute atomic E-state index is 13.2. The van der Waals surface area contributed by atoms with Crippen molar-refractivity contribution in [1.29, 1.82) is 0 Å². The summed E-state index contributed by atoms with van der Waals surface area (Å²) in [6.45, 7) is 6.97. The Hall–Kier alpha value is -3.24. The van der Waals surface area contributed by atoms with Gasteiger partial charge in [-0.05, 0) is 50.5 Å². The van der Waals surface area contributed by atoms with Crippen molar-refractivity contribution >= 4 is 38.2 Å². The third kappa shape index (κ3) is 4.51. The zero-order chi connectivity index (χ0) is 26.3. The monoisotopic (exact) mass is 530 g/mol. The molecule has 0 aliphatic heterocycles. The number of sulfone groups is 1. The number of aryl methyl sites for hydroxylation is 1. The van der Waals surface area contributed by atoms with Gasteiger partial charge in [-0.1, -0.05) is 29.8 Å². The number of ether oxygens (including phenoxy) is 1. The van der Waals surface area contributed by atoms with Crippen molar-refractivity contribution in [1.82, 2.24) is 20.1 Å². The number of nitrogens with zero attached hydrogens (tertiary/aromatic N) is 3. The molecule has 1 saturated carbocycles. The quantitative estimate of drug-likeness (QED) is 0.422. The molecule has 0 atom stereocenters. The highest BCUT2D eigenvalue weighted by molar-refractivity contribution is 7.94. The largest absolute Gasteiger partial charge is 0.473 e. The minimum atomic E-state index is -3.59. The van der Waals surface area contributed by atoms with E-state index in [1.54, 1.807) is 38.1 Å². The molecule has 190 valence electrons. The van der Waals surface area contributed by atoms with Gasteiger partial charge in [0.25, 0.3) is 17.3 Å². The summed E-state index contributed by atoms with van der Waals surface area (Å²) in [5, 5.41) is 11.7. The van der Waals surface area contributed by atoms with E-state index in [0.29, 0.717) is 28.8 Å². The summed E-state index contributed by atoms with van der Waals surface area (Å²) in [6, 6.07) is 8.43.